The third-order valence-corrected chi connectivity index (χ3v) is 6.60. The molecule has 0 unspecified atom stereocenters. The van der Waals surface area contributed by atoms with Crippen molar-refractivity contribution in [3.05, 3.63) is 18.0 Å². The summed E-state index contributed by atoms with van der Waals surface area (Å²) in [5.74, 6) is 0.386. The molecule has 1 amide bonds. The molecule has 2 heterocycles. The fourth-order valence-electron chi connectivity index (χ4n) is 3.18. The van der Waals surface area contributed by atoms with Crippen LogP contribution in [0.4, 0.5) is 0 Å². The Morgan fingerprint density at radius 3 is 2.77 bits per heavy atom. The van der Waals surface area contributed by atoms with Gasteiger partial charge in [0.15, 0.2) is 0 Å². The topological polar surface area (TPSA) is 59.0 Å². The number of nitrogens with zero attached hydrogens (tertiary/aromatic N) is 2. The number of rotatable bonds is 7. The maximum absolute atomic E-state index is 12.6. The van der Waals surface area contributed by atoms with Gasteiger partial charge < -0.3 is 10.6 Å². The minimum atomic E-state index is -0.00234. The molecule has 124 valence electrons. The van der Waals surface area contributed by atoms with E-state index in [1.807, 2.05) is 31.2 Å². The van der Waals surface area contributed by atoms with Crippen molar-refractivity contribution in [3.8, 4) is 0 Å². The second kappa shape index (κ2) is 7.51. The van der Waals surface area contributed by atoms with E-state index >= 15 is 0 Å². The van der Waals surface area contributed by atoms with Crippen LogP contribution < -0.4 is 10.6 Å². The third kappa shape index (κ3) is 3.66. The van der Waals surface area contributed by atoms with E-state index in [9.17, 15) is 4.79 Å². The summed E-state index contributed by atoms with van der Waals surface area (Å²) in [7, 11) is 1.91. The minimum absolute atomic E-state index is 0.00234. The Kier molecular flexibility index (Phi) is 5.92. The number of hydrogen-bond donors (Lipinski definition) is 2. The molecule has 1 aromatic rings. The monoisotopic (exact) mass is 324 g/mol. The molecule has 2 atom stereocenters. The molecule has 2 N–H and O–H groups in total. The molecule has 1 saturated heterocycles. The van der Waals surface area contributed by atoms with Gasteiger partial charge in [-0.3, -0.25) is 9.48 Å². The Balaban J connectivity index is 1.99. The highest BCUT2D eigenvalue weighted by molar-refractivity contribution is 8.00. The second-order valence-corrected chi connectivity index (χ2v) is 7.40. The van der Waals surface area contributed by atoms with Gasteiger partial charge in [0.1, 0.15) is 0 Å². The van der Waals surface area contributed by atoms with E-state index in [-0.39, 0.29) is 22.5 Å². The average Bonchev–Trinajstić information content (AvgIpc) is 3.17. The summed E-state index contributed by atoms with van der Waals surface area (Å²) in [6, 6.07) is 0. The molecule has 0 saturated carbocycles. The summed E-state index contributed by atoms with van der Waals surface area (Å²) in [4.78, 5) is 12.6. The van der Waals surface area contributed by atoms with Crippen LogP contribution in [-0.4, -0.2) is 46.3 Å². The number of carbonyl (C=O) groups excluding carboxylic acids is 1. The molecule has 1 aliphatic rings. The Labute approximate surface area is 137 Å². The van der Waals surface area contributed by atoms with Gasteiger partial charge in [0.05, 0.1) is 12.1 Å². The number of carbonyl (C=O) groups is 1. The van der Waals surface area contributed by atoms with Gasteiger partial charge in [-0.1, -0.05) is 13.8 Å². The molecule has 1 aliphatic heterocycles. The molecule has 5 nitrogen and oxygen atoms in total. The first-order chi connectivity index (χ1) is 10.5. The van der Waals surface area contributed by atoms with Crippen molar-refractivity contribution < 1.29 is 4.79 Å². The van der Waals surface area contributed by atoms with Crippen LogP contribution in [0.3, 0.4) is 0 Å². The standard InChI is InChI=1S/C16H28N4OS/c1-5-16(6-2,22-4)11-18-15(21)14-9-17-8-13(14)12-7-19-20(3)10-12/h7,10,13-14,17H,5-6,8-9,11H2,1-4H3,(H,18,21)/t13-,14+/m1/s1. The minimum Gasteiger partial charge on any atom is -0.354 e. The second-order valence-electron chi connectivity index (χ2n) is 6.13. The van der Waals surface area contributed by atoms with Gasteiger partial charge in [-0.15, -0.1) is 0 Å². The summed E-state index contributed by atoms with van der Waals surface area (Å²) in [5.41, 5.74) is 1.15. The number of hydrogen-bond acceptors (Lipinski definition) is 4. The first-order valence-corrected chi connectivity index (χ1v) is 9.29. The van der Waals surface area contributed by atoms with Gasteiger partial charge in [-0.2, -0.15) is 16.9 Å². The summed E-state index contributed by atoms with van der Waals surface area (Å²) in [6.45, 7) is 6.73. The fourth-order valence-corrected chi connectivity index (χ4v) is 3.97. The highest BCUT2D eigenvalue weighted by Crippen LogP contribution is 2.31. The van der Waals surface area contributed by atoms with Crippen molar-refractivity contribution >= 4 is 17.7 Å². The lowest BCUT2D eigenvalue weighted by atomic mass is 9.90. The van der Waals surface area contributed by atoms with E-state index in [1.165, 1.54) is 0 Å². The Bertz CT molecular complexity index is 490. The summed E-state index contributed by atoms with van der Waals surface area (Å²) < 4.78 is 1.96. The molecule has 2 rings (SSSR count). The lowest BCUT2D eigenvalue weighted by Gasteiger charge is -2.30. The summed E-state index contributed by atoms with van der Waals surface area (Å²) in [5, 5.41) is 10.8. The van der Waals surface area contributed by atoms with Crippen molar-refractivity contribution in [3.63, 3.8) is 0 Å². The van der Waals surface area contributed by atoms with Crippen molar-refractivity contribution in [2.45, 2.75) is 37.4 Å². The van der Waals surface area contributed by atoms with Gasteiger partial charge in [-0.25, -0.2) is 0 Å². The number of amides is 1. The smallest absolute Gasteiger partial charge is 0.225 e. The van der Waals surface area contributed by atoms with Gasteiger partial charge >= 0.3 is 0 Å². The van der Waals surface area contributed by atoms with Gasteiger partial charge in [0, 0.05) is 43.5 Å². The number of thioether (sulfide) groups is 1. The first-order valence-electron chi connectivity index (χ1n) is 8.07. The first kappa shape index (κ1) is 17.3. The van der Waals surface area contributed by atoms with Crippen LogP contribution in [0.5, 0.6) is 0 Å². The Morgan fingerprint density at radius 1 is 1.50 bits per heavy atom. The van der Waals surface area contributed by atoms with Crippen molar-refractivity contribution in [1.82, 2.24) is 20.4 Å². The van der Waals surface area contributed by atoms with Crippen LogP contribution >= 0.6 is 11.8 Å². The molecule has 0 aromatic carbocycles. The molecule has 0 aliphatic carbocycles. The van der Waals surface area contributed by atoms with Crippen LogP contribution in [0.15, 0.2) is 12.4 Å². The summed E-state index contributed by atoms with van der Waals surface area (Å²) >= 11 is 1.86. The number of aromatic nitrogens is 2. The predicted molar refractivity (Wildman–Crippen MR) is 92.1 cm³/mol. The molecule has 0 radical (unpaired) electrons. The molecule has 1 fully saturated rings. The highest BCUT2D eigenvalue weighted by Gasteiger charge is 2.35. The van der Waals surface area contributed by atoms with Gasteiger partial charge in [0.25, 0.3) is 0 Å². The van der Waals surface area contributed by atoms with Crippen molar-refractivity contribution in [1.29, 1.82) is 0 Å². The van der Waals surface area contributed by atoms with Crippen LogP contribution in [0.2, 0.25) is 0 Å². The maximum Gasteiger partial charge on any atom is 0.225 e. The quantitative estimate of drug-likeness (QED) is 0.802. The molecule has 1 aromatic heterocycles. The van der Waals surface area contributed by atoms with E-state index < -0.39 is 0 Å². The van der Waals surface area contributed by atoms with Crippen LogP contribution in [0.25, 0.3) is 0 Å². The van der Waals surface area contributed by atoms with Crippen LogP contribution in [-0.2, 0) is 11.8 Å². The van der Waals surface area contributed by atoms with Gasteiger partial charge in [0.2, 0.25) is 5.91 Å². The molecule has 0 bridgehead atoms. The molecule has 0 spiro atoms. The third-order valence-electron chi connectivity index (χ3n) is 5.01. The van der Waals surface area contributed by atoms with E-state index in [0.29, 0.717) is 0 Å². The van der Waals surface area contributed by atoms with E-state index in [2.05, 4.69) is 35.8 Å². The SMILES string of the molecule is CCC(CC)(CNC(=O)[C@H]1CNC[C@@H]1c1cnn(C)c1)SC. The predicted octanol–water partition coefficient (Wildman–Crippen LogP) is 1.76. The molecular formula is C16H28N4OS. The Morgan fingerprint density at radius 2 is 2.23 bits per heavy atom. The average molecular weight is 324 g/mol. The van der Waals surface area contributed by atoms with E-state index in [0.717, 1.165) is 38.0 Å². The zero-order valence-corrected chi connectivity index (χ0v) is 14.9. The Hall–Kier alpha value is -1.01. The summed E-state index contributed by atoms with van der Waals surface area (Å²) in [6.07, 6.45) is 8.17. The highest BCUT2D eigenvalue weighted by atomic mass is 32.2. The zero-order chi connectivity index (χ0) is 16.2. The molecular weight excluding hydrogens is 296 g/mol. The number of aryl methyl sites for hydroxylation is 1. The van der Waals surface area contributed by atoms with Crippen LogP contribution in [0, 0.1) is 5.92 Å². The molecule has 22 heavy (non-hydrogen) atoms. The van der Waals surface area contributed by atoms with Gasteiger partial charge in [-0.05, 0) is 24.7 Å². The van der Waals surface area contributed by atoms with Crippen molar-refractivity contribution in [2.75, 3.05) is 25.9 Å². The molecule has 6 heteroatoms. The largest absolute Gasteiger partial charge is 0.354 e. The number of nitrogens with one attached hydrogen (secondary N) is 2. The van der Waals surface area contributed by atoms with Crippen molar-refractivity contribution in [2.24, 2.45) is 13.0 Å². The lowest BCUT2D eigenvalue weighted by molar-refractivity contribution is -0.124. The fraction of sp³-hybridized carbons (Fsp3) is 0.750. The zero-order valence-electron chi connectivity index (χ0n) is 14.1. The van der Waals surface area contributed by atoms with E-state index in [1.54, 1.807) is 4.68 Å². The van der Waals surface area contributed by atoms with E-state index in [4.69, 9.17) is 0 Å². The van der Waals surface area contributed by atoms with Crippen LogP contribution in [0.1, 0.15) is 38.2 Å². The normalized spacial score (nSPS) is 22.0. The lowest BCUT2D eigenvalue weighted by Crippen LogP contribution is -2.43. The maximum atomic E-state index is 12.6.